The van der Waals surface area contributed by atoms with Crippen molar-refractivity contribution in [2.45, 2.75) is 0 Å². The molecule has 0 bridgehead atoms. The van der Waals surface area contributed by atoms with Crippen molar-refractivity contribution in [1.82, 2.24) is 4.98 Å². The maximum Gasteiger partial charge on any atom is 0.258 e. The van der Waals surface area contributed by atoms with Gasteiger partial charge in [-0.05, 0) is 30.3 Å². The Bertz CT molecular complexity index is 751. The van der Waals surface area contributed by atoms with Crippen LogP contribution in [-0.2, 0) is 4.79 Å². The van der Waals surface area contributed by atoms with Gasteiger partial charge >= 0.3 is 0 Å². The molecule has 1 aliphatic rings. The van der Waals surface area contributed by atoms with Gasteiger partial charge in [0.15, 0.2) is 5.82 Å². The molecule has 0 unspecified atom stereocenters. The van der Waals surface area contributed by atoms with Crippen LogP contribution in [0.3, 0.4) is 0 Å². The first-order chi connectivity index (χ1) is 10.1. The van der Waals surface area contributed by atoms with Gasteiger partial charge < -0.3 is 5.32 Å². The molecule has 1 aromatic carbocycles. The first kappa shape index (κ1) is 13.5. The zero-order valence-corrected chi connectivity index (χ0v) is 11.4. The van der Waals surface area contributed by atoms with E-state index in [0.717, 1.165) is 6.07 Å². The highest BCUT2D eigenvalue weighted by Crippen LogP contribution is 2.36. The Hall–Kier alpha value is -2.47. The number of benzene rings is 1. The Morgan fingerprint density at radius 1 is 1.38 bits per heavy atom. The van der Waals surface area contributed by atoms with Crippen LogP contribution in [0.2, 0.25) is 0 Å². The largest absolute Gasteiger partial charge is 0.319 e. The fourth-order valence-electron chi connectivity index (χ4n) is 2.17. The van der Waals surface area contributed by atoms with Crippen LogP contribution in [0.25, 0.3) is 0 Å². The van der Waals surface area contributed by atoms with Gasteiger partial charge in [-0.25, -0.2) is 9.37 Å². The number of fused-ring (bicyclic) bond motifs is 2. The van der Waals surface area contributed by atoms with Crippen LogP contribution >= 0.6 is 11.6 Å². The van der Waals surface area contributed by atoms with E-state index in [9.17, 15) is 14.0 Å². The molecule has 2 amide bonds. The summed E-state index contributed by atoms with van der Waals surface area (Å²) in [7, 11) is 0. The van der Waals surface area contributed by atoms with Crippen molar-refractivity contribution in [3.63, 3.8) is 0 Å². The smallest absolute Gasteiger partial charge is 0.258 e. The van der Waals surface area contributed by atoms with Crippen molar-refractivity contribution in [2.75, 3.05) is 16.1 Å². The Balaban J connectivity index is 2.30. The molecule has 0 aliphatic carbocycles. The Morgan fingerprint density at radius 3 is 2.95 bits per heavy atom. The van der Waals surface area contributed by atoms with Gasteiger partial charge in [0.25, 0.3) is 5.91 Å². The standard InChI is InChI=1S/C14H9ClFN3O2/c15-7-12(20)19-11-4-3-8(16)6-9(11)14(21)18-10-2-1-5-17-13(10)19/h1-6H,7H2,(H,18,21). The molecule has 2 heterocycles. The van der Waals surface area contributed by atoms with E-state index in [1.54, 1.807) is 12.1 Å². The topological polar surface area (TPSA) is 62.3 Å². The molecule has 0 saturated heterocycles. The normalized spacial score (nSPS) is 13.0. The number of carbonyl (C=O) groups is 2. The van der Waals surface area contributed by atoms with Gasteiger partial charge in [-0.3, -0.25) is 14.5 Å². The molecule has 2 aromatic rings. The van der Waals surface area contributed by atoms with Crippen molar-refractivity contribution in [3.8, 4) is 0 Å². The lowest BCUT2D eigenvalue weighted by Gasteiger charge is -2.21. The van der Waals surface area contributed by atoms with Crippen LogP contribution in [0.4, 0.5) is 21.6 Å². The molecular formula is C14H9ClFN3O2. The minimum absolute atomic E-state index is 0.0477. The third-order valence-electron chi connectivity index (χ3n) is 3.05. The number of nitrogens with zero attached hydrogens (tertiary/aromatic N) is 2. The minimum Gasteiger partial charge on any atom is -0.319 e. The SMILES string of the molecule is O=C1Nc2cccnc2N(C(=O)CCl)c2ccc(F)cc21. The first-order valence-corrected chi connectivity index (χ1v) is 6.60. The fraction of sp³-hybridized carbons (Fsp3) is 0.0714. The molecule has 0 spiro atoms. The quantitative estimate of drug-likeness (QED) is 0.824. The number of anilines is 3. The molecule has 7 heteroatoms. The monoisotopic (exact) mass is 305 g/mol. The van der Waals surface area contributed by atoms with Crippen molar-refractivity contribution in [2.24, 2.45) is 0 Å². The molecule has 0 radical (unpaired) electrons. The molecule has 0 fully saturated rings. The molecule has 3 rings (SSSR count). The lowest BCUT2D eigenvalue weighted by molar-refractivity contribution is -0.115. The third kappa shape index (κ3) is 2.23. The molecule has 1 aromatic heterocycles. The number of amides is 2. The number of alkyl halides is 1. The number of carbonyl (C=O) groups excluding carboxylic acids is 2. The molecule has 1 aliphatic heterocycles. The number of hydrogen-bond donors (Lipinski definition) is 1. The maximum absolute atomic E-state index is 13.4. The van der Waals surface area contributed by atoms with Gasteiger partial charge in [-0.1, -0.05) is 0 Å². The summed E-state index contributed by atoms with van der Waals surface area (Å²) < 4.78 is 13.4. The summed E-state index contributed by atoms with van der Waals surface area (Å²) in [6.45, 7) is 0. The average Bonchev–Trinajstić information content (AvgIpc) is 2.61. The summed E-state index contributed by atoms with van der Waals surface area (Å²) in [5.41, 5.74) is 0.654. The van der Waals surface area contributed by atoms with Gasteiger partial charge in [-0.2, -0.15) is 0 Å². The Labute approximate surface area is 124 Å². The second-order valence-electron chi connectivity index (χ2n) is 4.35. The third-order valence-corrected chi connectivity index (χ3v) is 3.28. The highest BCUT2D eigenvalue weighted by atomic mass is 35.5. The lowest BCUT2D eigenvalue weighted by atomic mass is 10.1. The van der Waals surface area contributed by atoms with E-state index in [1.165, 1.54) is 23.2 Å². The van der Waals surface area contributed by atoms with E-state index in [2.05, 4.69) is 10.3 Å². The number of halogens is 2. The molecule has 106 valence electrons. The van der Waals surface area contributed by atoms with Crippen LogP contribution in [0.15, 0.2) is 36.5 Å². The number of hydrogen-bond acceptors (Lipinski definition) is 3. The van der Waals surface area contributed by atoms with E-state index in [0.29, 0.717) is 5.69 Å². The summed E-state index contributed by atoms with van der Waals surface area (Å²) in [5.74, 6) is -1.58. The summed E-state index contributed by atoms with van der Waals surface area (Å²) in [6.07, 6.45) is 1.49. The van der Waals surface area contributed by atoms with Gasteiger partial charge in [0, 0.05) is 6.20 Å². The molecule has 0 atom stereocenters. The van der Waals surface area contributed by atoms with Gasteiger partial charge in [0.05, 0.1) is 16.9 Å². The minimum atomic E-state index is -0.568. The van der Waals surface area contributed by atoms with Crippen LogP contribution < -0.4 is 10.2 Å². The number of nitrogens with one attached hydrogen (secondary N) is 1. The number of aromatic nitrogens is 1. The zero-order chi connectivity index (χ0) is 15.0. The van der Waals surface area contributed by atoms with Crippen molar-refractivity contribution in [3.05, 3.63) is 47.9 Å². The Morgan fingerprint density at radius 2 is 2.19 bits per heavy atom. The van der Waals surface area contributed by atoms with E-state index in [4.69, 9.17) is 11.6 Å². The second-order valence-corrected chi connectivity index (χ2v) is 4.62. The van der Waals surface area contributed by atoms with Crippen LogP contribution in [0, 0.1) is 5.82 Å². The van der Waals surface area contributed by atoms with Crippen molar-refractivity contribution >= 4 is 40.6 Å². The summed E-state index contributed by atoms with van der Waals surface area (Å²) in [4.78, 5) is 29.7. The highest BCUT2D eigenvalue weighted by molar-refractivity contribution is 6.31. The Kier molecular flexibility index (Phi) is 3.31. The van der Waals surface area contributed by atoms with Crippen LogP contribution in [-0.4, -0.2) is 22.7 Å². The van der Waals surface area contributed by atoms with Gasteiger partial charge in [0.1, 0.15) is 11.7 Å². The number of rotatable bonds is 1. The van der Waals surface area contributed by atoms with E-state index >= 15 is 0 Å². The summed E-state index contributed by atoms with van der Waals surface area (Å²) in [5, 5.41) is 2.61. The predicted octanol–water partition coefficient (Wildman–Crippen LogP) is 2.69. The summed E-state index contributed by atoms with van der Waals surface area (Å²) >= 11 is 5.64. The van der Waals surface area contributed by atoms with E-state index in [1.807, 2.05) is 0 Å². The van der Waals surface area contributed by atoms with E-state index < -0.39 is 17.6 Å². The van der Waals surface area contributed by atoms with Crippen molar-refractivity contribution < 1.29 is 14.0 Å². The molecule has 1 N–H and O–H groups in total. The summed E-state index contributed by atoms with van der Waals surface area (Å²) in [6, 6.07) is 6.84. The van der Waals surface area contributed by atoms with E-state index in [-0.39, 0.29) is 22.9 Å². The number of pyridine rings is 1. The highest BCUT2D eigenvalue weighted by Gasteiger charge is 2.30. The first-order valence-electron chi connectivity index (χ1n) is 6.06. The molecule has 21 heavy (non-hydrogen) atoms. The molecular weight excluding hydrogens is 297 g/mol. The molecule has 5 nitrogen and oxygen atoms in total. The van der Waals surface area contributed by atoms with Crippen molar-refractivity contribution in [1.29, 1.82) is 0 Å². The van der Waals surface area contributed by atoms with Crippen LogP contribution in [0.5, 0.6) is 0 Å². The second kappa shape index (κ2) is 5.14. The maximum atomic E-state index is 13.4. The van der Waals surface area contributed by atoms with Gasteiger partial charge in [0.2, 0.25) is 5.91 Å². The molecule has 0 saturated carbocycles. The average molecular weight is 306 g/mol. The predicted molar refractivity (Wildman–Crippen MR) is 76.5 cm³/mol. The fourth-order valence-corrected chi connectivity index (χ4v) is 2.29. The zero-order valence-electron chi connectivity index (χ0n) is 10.6. The lowest BCUT2D eigenvalue weighted by Crippen LogP contribution is -2.28. The van der Waals surface area contributed by atoms with Gasteiger partial charge in [-0.15, -0.1) is 11.6 Å². The van der Waals surface area contributed by atoms with Crippen LogP contribution in [0.1, 0.15) is 10.4 Å².